The van der Waals surface area contributed by atoms with E-state index in [1.165, 1.54) is 0 Å². The summed E-state index contributed by atoms with van der Waals surface area (Å²) < 4.78 is 6.68. The molecule has 2 rings (SSSR count). The summed E-state index contributed by atoms with van der Waals surface area (Å²) in [5.74, 6) is 1.37. The fourth-order valence-corrected chi connectivity index (χ4v) is 1.82. The molecule has 0 fully saturated rings. The lowest BCUT2D eigenvalue weighted by atomic mass is 9.95. The van der Waals surface area contributed by atoms with Gasteiger partial charge < -0.3 is 10.1 Å². The Labute approximate surface area is 133 Å². The molecule has 0 saturated heterocycles. The van der Waals surface area contributed by atoms with Crippen molar-refractivity contribution in [3.63, 3.8) is 0 Å². The maximum absolute atomic E-state index is 12.0. The van der Waals surface area contributed by atoms with Crippen LogP contribution in [0.15, 0.2) is 24.3 Å². The Bertz CT molecular complexity index is 639. The van der Waals surface area contributed by atoms with E-state index in [2.05, 4.69) is 20.8 Å². The van der Waals surface area contributed by atoms with Crippen LogP contribution in [0.2, 0.25) is 0 Å². The van der Waals surface area contributed by atoms with Gasteiger partial charge in [0, 0.05) is 5.88 Å². The van der Waals surface area contributed by atoms with Crippen LogP contribution in [-0.4, -0.2) is 39.1 Å². The van der Waals surface area contributed by atoms with Gasteiger partial charge in [0.05, 0.1) is 24.8 Å². The average Bonchev–Trinajstić information content (AvgIpc) is 3.01. The van der Waals surface area contributed by atoms with Gasteiger partial charge in [0.1, 0.15) is 5.75 Å². The molecule has 1 N–H and O–H groups in total. The molecule has 1 aromatic heterocycles. The lowest BCUT2D eigenvalue weighted by Gasteiger charge is -2.20. The number of carbonyl (C=O) groups is 1. The third-order valence-electron chi connectivity index (χ3n) is 3.21. The average molecular weight is 324 g/mol. The first-order chi connectivity index (χ1) is 10.5. The fourth-order valence-electron chi connectivity index (χ4n) is 1.70. The highest BCUT2D eigenvalue weighted by Crippen LogP contribution is 2.18. The third kappa shape index (κ3) is 3.54. The number of methoxy groups -OCH3 is 1. The van der Waals surface area contributed by atoms with Crippen LogP contribution in [0.3, 0.4) is 0 Å². The lowest BCUT2D eigenvalue weighted by molar-refractivity contribution is -0.128. The van der Waals surface area contributed by atoms with Crippen molar-refractivity contribution in [3.8, 4) is 11.4 Å². The summed E-state index contributed by atoms with van der Waals surface area (Å²) in [7, 11) is 1.60. The molecule has 2 aromatic rings. The number of nitrogens with one attached hydrogen (secondary N) is 1. The minimum Gasteiger partial charge on any atom is -0.497 e. The summed E-state index contributed by atoms with van der Waals surface area (Å²) >= 11 is 5.79. The molecule has 118 valence electrons. The zero-order chi connectivity index (χ0) is 16.2. The first-order valence-corrected chi connectivity index (χ1v) is 7.27. The molecule has 0 spiro atoms. The number of rotatable bonds is 6. The molecular formula is C14H18ClN5O2. The van der Waals surface area contributed by atoms with Crippen molar-refractivity contribution in [2.75, 3.05) is 13.0 Å². The van der Waals surface area contributed by atoms with Gasteiger partial charge in [-0.25, -0.2) is 0 Å². The van der Waals surface area contributed by atoms with Crippen LogP contribution in [0, 0.1) is 5.41 Å². The van der Waals surface area contributed by atoms with Gasteiger partial charge in [-0.1, -0.05) is 0 Å². The monoisotopic (exact) mass is 323 g/mol. The Hall–Kier alpha value is -2.15. The Morgan fingerprint density at radius 1 is 1.36 bits per heavy atom. The van der Waals surface area contributed by atoms with E-state index in [1.807, 2.05) is 24.3 Å². The Morgan fingerprint density at radius 2 is 2.05 bits per heavy atom. The van der Waals surface area contributed by atoms with E-state index in [0.717, 1.165) is 11.4 Å². The molecule has 22 heavy (non-hydrogen) atoms. The highest BCUT2D eigenvalue weighted by molar-refractivity contribution is 6.19. The van der Waals surface area contributed by atoms with Crippen LogP contribution in [-0.2, 0) is 11.3 Å². The van der Waals surface area contributed by atoms with Crippen molar-refractivity contribution >= 4 is 17.5 Å². The molecular weight excluding hydrogens is 306 g/mol. The van der Waals surface area contributed by atoms with Crippen molar-refractivity contribution in [3.05, 3.63) is 30.1 Å². The fraction of sp³-hybridized carbons (Fsp3) is 0.429. The number of benzene rings is 1. The molecule has 0 unspecified atom stereocenters. The SMILES string of the molecule is COc1ccc(-n2nnnc2CNC(=O)C(C)(C)CCl)cc1. The zero-order valence-electron chi connectivity index (χ0n) is 12.7. The second-order valence-electron chi connectivity index (χ2n) is 5.41. The number of tetrazole rings is 1. The standard InChI is InChI=1S/C14H18ClN5O2/c1-14(2,9-15)13(21)16-8-12-17-18-19-20(12)10-4-6-11(22-3)7-5-10/h4-7H,8-9H2,1-3H3,(H,16,21). The van der Waals surface area contributed by atoms with Crippen molar-refractivity contribution in [2.45, 2.75) is 20.4 Å². The predicted molar refractivity (Wildman–Crippen MR) is 82.1 cm³/mol. The van der Waals surface area contributed by atoms with E-state index in [0.29, 0.717) is 5.82 Å². The van der Waals surface area contributed by atoms with Gasteiger partial charge in [-0.3, -0.25) is 4.79 Å². The molecule has 8 heteroatoms. The summed E-state index contributed by atoms with van der Waals surface area (Å²) in [5.41, 5.74) is 0.145. The van der Waals surface area contributed by atoms with E-state index in [4.69, 9.17) is 16.3 Å². The van der Waals surface area contributed by atoms with Gasteiger partial charge in [-0.2, -0.15) is 4.68 Å². The maximum Gasteiger partial charge on any atom is 0.227 e. The van der Waals surface area contributed by atoms with Gasteiger partial charge >= 0.3 is 0 Å². The summed E-state index contributed by atoms with van der Waals surface area (Å²) in [6.45, 7) is 3.78. The quantitative estimate of drug-likeness (QED) is 0.816. The first kappa shape index (κ1) is 16.2. The first-order valence-electron chi connectivity index (χ1n) is 6.74. The molecule has 0 aliphatic carbocycles. The number of aromatic nitrogens is 4. The minimum absolute atomic E-state index is 0.146. The number of amides is 1. The molecule has 0 atom stereocenters. The molecule has 0 radical (unpaired) electrons. The topological polar surface area (TPSA) is 81.9 Å². The summed E-state index contributed by atoms with van der Waals surface area (Å²) in [6, 6.07) is 7.30. The smallest absolute Gasteiger partial charge is 0.227 e. The number of alkyl halides is 1. The number of hydrogen-bond acceptors (Lipinski definition) is 5. The van der Waals surface area contributed by atoms with Crippen LogP contribution in [0.5, 0.6) is 5.75 Å². The van der Waals surface area contributed by atoms with Gasteiger partial charge in [0.15, 0.2) is 5.82 Å². The van der Waals surface area contributed by atoms with Crippen LogP contribution < -0.4 is 10.1 Å². The molecule has 0 bridgehead atoms. The van der Waals surface area contributed by atoms with E-state index < -0.39 is 5.41 Å². The highest BCUT2D eigenvalue weighted by atomic mass is 35.5. The third-order valence-corrected chi connectivity index (χ3v) is 3.88. The second-order valence-corrected chi connectivity index (χ2v) is 5.67. The van der Waals surface area contributed by atoms with Gasteiger partial charge in [0.25, 0.3) is 0 Å². The van der Waals surface area contributed by atoms with Gasteiger partial charge in [0.2, 0.25) is 5.91 Å². The molecule has 1 aromatic carbocycles. The summed E-state index contributed by atoms with van der Waals surface area (Å²) in [6.07, 6.45) is 0. The number of ether oxygens (including phenoxy) is 1. The van der Waals surface area contributed by atoms with E-state index >= 15 is 0 Å². The number of halogens is 1. The minimum atomic E-state index is -0.639. The summed E-state index contributed by atoms with van der Waals surface area (Å²) in [5, 5.41) is 14.3. The molecule has 7 nitrogen and oxygen atoms in total. The Morgan fingerprint density at radius 3 is 2.64 bits per heavy atom. The highest BCUT2D eigenvalue weighted by Gasteiger charge is 2.26. The normalized spacial score (nSPS) is 11.3. The van der Waals surface area contributed by atoms with Crippen LogP contribution in [0.4, 0.5) is 0 Å². The second kappa shape index (κ2) is 6.74. The summed E-state index contributed by atoms with van der Waals surface area (Å²) in [4.78, 5) is 12.0. The van der Waals surface area contributed by atoms with Gasteiger partial charge in [-0.05, 0) is 48.5 Å². The number of hydrogen-bond donors (Lipinski definition) is 1. The lowest BCUT2D eigenvalue weighted by Crippen LogP contribution is -2.38. The number of nitrogens with zero attached hydrogens (tertiary/aromatic N) is 4. The van der Waals surface area contributed by atoms with Crippen LogP contribution in [0.25, 0.3) is 5.69 Å². The van der Waals surface area contributed by atoms with Crippen molar-refractivity contribution < 1.29 is 9.53 Å². The van der Waals surface area contributed by atoms with E-state index in [1.54, 1.807) is 25.6 Å². The molecule has 0 aliphatic heterocycles. The van der Waals surface area contributed by atoms with Crippen molar-refractivity contribution in [1.82, 2.24) is 25.5 Å². The maximum atomic E-state index is 12.0. The van der Waals surface area contributed by atoms with Crippen LogP contribution in [0.1, 0.15) is 19.7 Å². The molecule has 0 saturated carbocycles. The molecule has 1 heterocycles. The van der Waals surface area contributed by atoms with Crippen molar-refractivity contribution in [2.24, 2.45) is 5.41 Å². The largest absolute Gasteiger partial charge is 0.497 e. The zero-order valence-corrected chi connectivity index (χ0v) is 13.5. The molecule has 0 aliphatic rings. The van der Waals surface area contributed by atoms with Crippen LogP contribution >= 0.6 is 11.6 Å². The number of carbonyl (C=O) groups excluding carboxylic acids is 1. The van der Waals surface area contributed by atoms with Gasteiger partial charge in [-0.15, -0.1) is 16.7 Å². The van der Waals surface area contributed by atoms with E-state index in [9.17, 15) is 4.79 Å². The van der Waals surface area contributed by atoms with E-state index in [-0.39, 0.29) is 18.3 Å². The Kier molecular flexibility index (Phi) is 4.97. The Balaban J connectivity index is 2.11. The molecule has 1 amide bonds. The predicted octanol–water partition coefficient (Wildman–Crippen LogP) is 1.55. The van der Waals surface area contributed by atoms with Crippen molar-refractivity contribution in [1.29, 1.82) is 0 Å².